The molecule has 9 nitrogen and oxygen atoms in total. The maximum atomic E-state index is 11.8. The number of rotatable bonds is 8. The second-order valence-corrected chi connectivity index (χ2v) is 6.43. The molecule has 1 aromatic heterocycles. The topological polar surface area (TPSA) is 137 Å². The van der Waals surface area contributed by atoms with Gasteiger partial charge in [0.15, 0.2) is 11.5 Å². The molecule has 0 saturated carbocycles. The molecule has 0 bridgehead atoms. The zero-order valence-corrected chi connectivity index (χ0v) is 14.9. The summed E-state index contributed by atoms with van der Waals surface area (Å²) < 4.78 is 0. The van der Waals surface area contributed by atoms with Gasteiger partial charge in [0.25, 0.3) is 0 Å². The monoisotopic (exact) mass is 377 g/mol. The Labute approximate surface area is 153 Å². The summed E-state index contributed by atoms with van der Waals surface area (Å²) in [6.07, 6.45) is 3.46. The molecule has 0 aliphatic heterocycles. The Kier molecular flexibility index (Phi) is 7.03. The van der Waals surface area contributed by atoms with E-state index in [0.29, 0.717) is 22.1 Å². The summed E-state index contributed by atoms with van der Waals surface area (Å²) in [4.78, 5) is 23.5. The number of anilines is 1. The molecule has 138 valence electrons. The Morgan fingerprint density at radius 1 is 1.23 bits per heavy atom. The molecule has 0 fully saturated rings. The van der Waals surface area contributed by atoms with Crippen molar-refractivity contribution in [2.45, 2.75) is 32.6 Å². The second kappa shape index (κ2) is 9.47. The van der Waals surface area contributed by atoms with Gasteiger partial charge in [-0.1, -0.05) is 24.7 Å². The van der Waals surface area contributed by atoms with E-state index in [9.17, 15) is 19.8 Å². The highest BCUT2D eigenvalue weighted by atomic mass is 32.1. The maximum absolute atomic E-state index is 11.8. The molecule has 10 heteroatoms. The molecule has 2 rings (SSSR count). The minimum atomic E-state index is -0.399. The summed E-state index contributed by atoms with van der Waals surface area (Å²) >= 11 is 1.13. The van der Waals surface area contributed by atoms with Crippen LogP contribution >= 0.6 is 11.3 Å². The van der Waals surface area contributed by atoms with Gasteiger partial charge in [-0.3, -0.25) is 9.59 Å². The van der Waals surface area contributed by atoms with Gasteiger partial charge in [-0.15, -0.1) is 10.2 Å². The van der Waals surface area contributed by atoms with E-state index in [0.717, 1.165) is 24.2 Å². The Morgan fingerprint density at radius 2 is 2.04 bits per heavy atom. The van der Waals surface area contributed by atoms with E-state index in [2.05, 4.69) is 26.0 Å². The fourth-order valence-corrected chi connectivity index (χ4v) is 2.63. The van der Waals surface area contributed by atoms with E-state index >= 15 is 0 Å². The van der Waals surface area contributed by atoms with Crippen molar-refractivity contribution in [3.63, 3.8) is 0 Å². The molecule has 0 saturated heterocycles. The summed E-state index contributed by atoms with van der Waals surface area (Å²) in [7, 11) is 0. The van der Waals surface area contributed by atoms with Gasteiger partial charge in [0.2, 0.25) is 16.9 Å². The normalized spacial score (nSPS) is 10.8. The van der Waals surface area contributed by atoms with Gasteiger partial charge in [-0.25, -0.2) is 5.43 Å². The van der Waals surface area contributed by atoms with Crippen LogP contribution < -0.4 is 10.7 Å². The van der Waals surface area contributed by atoms with E-state index in [1.807, 2.05) is 6.92 Å². The molecule has 4 N–H and O–H groups in total. The third-order valence-electron chi connectivity index (χ3n) is 3.18. The number of phenolic OH excluding ortho intramolecular Hbond substituents is 2. The Bertz CT molecular complexity index is 806. The van der Waals surface area contributed by atoms with Crippen LogP contribution in [0.5, 0.6) is 11.5 Å². The highest BCUT2D eigenvalue weighted by Crippen LogP contribution is 2.24. The van der Waals surface area contributed by atoms with E-state index in [-0.39, 0.29) is 23.8 Å². The first-order chi connectivity index (χ1) is 12.5. The van der Waals surface area contributed by atoms with Crippen LogP contribution in [0, 0.1) is 0 Å². The standard InChI is InChI=1S/C16H19N5O4S/c1-2-3-4-13(24)18-16-21-20-15(26-16)8-14(25)19-17-9-10-5-6-11(22)12(23)7-10/h5-7,9,22-23H,2-4,8H2,1H3,(H,19,25)(H,18,21,24)/b17-9-. The fourth-order valence-electron chi connectivity index (χ4n) is 1.87. The molecule has 2 amide bonds. The van der Waals surface area contributed by atoms with Gasteiger partial charge in [0.1, 0.15) is 5.01 Å². The van der Waals surface area contributed by atoms with E-state index in [1.54, 1.807) is 0 Å². The first kappa shape index (κ1) is 19.3. The van der Waals surface area contributed by atoms with Crippen molar-refractivity contribution in [1.29, 1.82) is 0 Å². The molecule has 0 atom stereocenters. The predicted octanol–water partition coefficient (Wildman–Crippen LogP) is 1.77. The lowest BCUT2D eigenvalue weighted by molar-refractivity contribution is -0.120. The number of unbranched alkanes of at least 4 members (excludes halogenated alkanes) is 1. The number of hydrogen-bond acceptors (Lipinski definition) is 8. The summed E-state index contributed by atoms with van der Waals surface area (Å²) in [6.45, 7) is 2.00. The molecule has 0 radical (unpaired) electrons. The number of hydrogen-bond donors (Lipinski definition) is 4. The van der Waals surface area contributed by atoms with Crippen LogP contribution in [0.15, 0.2) is 23.3 Å². The fraction of sp³-hybridized carbons (Fsp3) is 0.312. The Balaban J connectivity index is 1.81. The first-order valence-electron chi connectivity index (χ1n) is 7.94. The van der Waals surface area contributed by atoms with Crippen LogP contribution in [0.25, 0.3) is 0 Å². The maximum Gasteiger partial charge on any atom is 0.247 e. The molecule has 1 aromatic carbocycles. The number of phenols is 2. The zero-order valence-electron chi connectivity index (χ0n) is 14.1. The van der Waals surface area contributed by atoms with Crippen molar-refractivity contribution < 1.29 is 19.8 Å². The number of nitrogens with zero attached hydrogens (tertiary/aromatic N) is 3. The predicted molar refractivity (Wildman–Crippen MR) is 97.3 cm³/mol. The number of aromatic nitrogens is 2. The quantitative estimate of drug-likeness (QED) is 0.314. The van der Waals surface area contributed by atoms with E-state index in [1.165, 1.54) is 24.4 Å². The van der Waals surface area contributed by atoms with Crippen molar-refractivity contribution in [2.75, 3.05) is 5.32 Å². The third-order valence-corrected chi connectivity index (χ3v) is 4.02. The van der Waals surface area contributed by atoms with Gasteiger partial charge >= 0.3 is 0 Å². The smallest absolute Gasteiger partial charge is 0.247 e. The average molecular weight is 377 g/mol. The largest absolute Gasteiger partial charge is 0.504 e. The molecule has 2 aromatic rings. The molecular weight excluding hydrogens is 358 g/mol. The van der Waals surface area contributed by atoms with Crippen molar-refractivity contribution in [3.8, 4) is 11.5 Å². The highest BCUT2D eigenvalue weighted by molar-refractivity contribution is 7.15. The third kappa shape index (κ3) is 6.13. The van der Waals surface area contributed by atoms with Crippen LogP contribution in [0.3, 0.4) is 0 Å². The number of hydrazone groups is 1. The molecule has 1 heterocycles. The van der Waals surface area contributed by atoms with Crippen molar-refractivity contribution in [2.24, 2.45) is 5.10 Å². The number of benzene rings is 1. The Hall–Kier alpha value is -3.01. The van der Waals surface area contributed by atoms with Gasteiger partial charge in [-0.2, -0.15) is 5.10 Å². The molecular formula is C16H19N5O4S. The number of aromatic hydroxyl groups is 2. The number of amides is 2. The van der Waals surface area contributed by atoms with Gasteiger partial charge in [0.05, 0.1) is 12.6 Å². The molecule has 0 unspecified atom stereocenters. The summed E-state index contributed by atoms with van der Waals surface area (Å²) in [6, 6.07) is 4.16. The van der Waals surface area contributed by atoms with Crippen LogP contribution in [-0.4, -0.2) is 38.4 Å². The lowest BCUT2D eigenvalue weighted by Crippen LogP contribution is -2.19. The van der Waals surface area contributed by atoms with Crippen molar-refractivity contribution >= 4 is 34.5 Å². The number of carbonyl (C=O) groups excluding carboxylic acids is 2. The van der Waals surface area contributed by atoms with Crippen LogP contribution in [-0.2, 0) is 16.0 Å². The van der Waals surface area contributed by atoms with Crippen LogP contribution in [0.2, 0.25) is 0 Å². The highest BCUT2D eigenvalue weighted by Gasteiger charge is 2.11. The first-order valence-corrected chi connectivity index (χ1v) is 8.75. The molecule has 0 aliphatic carbocycles. The number of nitrogens with one attached hydrogen (secondary N) is 2. The lowest BCUT2D eigenvalue weighted by atomic mass is 10.2. The van der Waals surface area contributed by atoms with Gasteiger partial charge in [-0.05, 0) is 30.2 Å². The lowest BCUT2D eigenvalue weighted by Gasteiger charge is -1.99. The summed E-state index contributed by atoms with van der Waals surface area (Å²) in [5, 5.41) is 33.5. The molecule has 0 spiro atoms. The van der Waals surface area contributed by atoms with E-state index in [4.69, 9.17) is 0 Å². The van der Waals surface area contributed by atoms with Crippen LogP contribution in [0.4, 0.5) is 5.13 Å². The summed E-state index contributed by atoms with van der Waals surface area (Å²) in [5.74, 6) is -1.03. The Morgan fingerprint density at radius 3 is 2.77 bits per heavy atom. The summed E-state index contributed by atoms with van der Waals surface area (Å²) in [5.41, 5.74) is 2.84. The van der Waals surface area contributed by atoms with Gasteiger partial charge in [0, 0.05) is 6.42 Å². The van der Waals surface area contributed by atoms with E-state index < -0.39 is 5.91 Å². The second-order valence-electron chi connectivity index (χ2n) is 5.37. The minimum absolute atomic E-state index is 0.0271. The minimum Gasteiger partial charge on any atom is -0.504 e. The van der Waals surface area contributed by atoms with Gasteiger partial charge < -0.3 is 15.5 Å². The zero-order chi connectivity index (χ0) is 18.9. The number of carbonyl (C=O) groups is 2. The molecule has 0 aliphatic rings. The SMILES string of the molecule is CCCCC(=O)Nc1nnc(CC(=O)N/N=C\c2ccc(O)c(O)c2)s1. The molecule has 26 heavy (non-hydrogen) atoms. The van der Waals surface area contributed by atoms with Crippen LogP contribution in [0.1, 0.15) is 36.8 Å². The average Bonchev–Trinajstić information content (AvgIpc) is 3.03. The van der Waals surface area contributed by atoms with Crippen molar-refractivity contribution in [1.82, 2.24) is 15.6 Å². The van der Waals surface area contributed by atoms with Crippen molar-refractivity contribution in [3.05, 3.63) is 28.8 Å².